The van der Waals surface area contributed by atoms with Crippen LogP contribution in [0.1, 0.15) is 0 Å². The van der Waals surface area contributed by atoms with E-state index in [1.165, 1.54) is 0 Å². The molecule has 4 heavy (non-hydrogen) atoms. The first-order valence-corrected chi connectivity index (χ1v) is 4.06. The Kier molecular flexibility index (Phi) is 4.81. The van der Waals surface area contributed by atoms with Gasteiger partial charge in [0, 0.05) is 0 Å². The molecule has 4 heteroatoms. The van der Waals surface area contributed by atoms with E-state index < -0.39 is 0 Å². The summed E-state index contributed by atoms with van der Waals surface area (Å²) >= 11 is 7.74. The van der Waals surface area contributed by atoms with E-state index in [9.17, 15) is 0 Å². The Hall–Kier alpha value is 2.00. The van der Waals surface area contributed by atoms with Crippen molar-refractivity contribution in [3.63, 3.8) is 0 Å². The highest BCUT2D eigenvalue weighted by Crippen LogP contribution is 2.09. The van der Waals surface area contributed by atoms with Crippen molar-refractivity contribution in [1.29, 1.82) is 0 Å². The average molecular weight is 345 g/mol. The zero-order valence-corrected chi connectivity index (χ0v) is 7.61. The lowest BCUT2D eigenvalue weighted by atomic mass is 10.8. The second kappa shape index (κ2) is 3.20. The van der Waals surface area contributed by atoms with Crippen molar-refractivity contribution in [1.82, 2.24) is 0 Å². The summed E-state index contributed by atoms with van der Waals surface area (Å²) in [4.78, 5) is 0. The van der Waals surface area contributed by atoms with E-state index in [-0.39, 0.29) is 0 Å². The van der Waals surface area contributed by atoms with E-state index in [1.54, 1.807) is 0 Å². The van der Waals surface area contributed by atoms with Crippen LogP contribution >= 0.6 is 60.5 Å². The maximum atomic E-state index is 3.24. The molecule has 0 N–H and O–H groups in total. The maximum absolute atomic E-state index is 3.24. The van der Waals surface area contributed by atoms with Crippen LogP contribution in [0.25, 0.3) is 0 Å². The first-order chi connectivity index (χ1) is 1.73. The number of rotatable bonds is 0. The van der Waals surface area contributed by atoms with Crippen molar-refractivity contribution in [3.8, 4) is 0 Å². The van der Waals surface area contributed by atoms with Gasteiger partial charge in [-0.2, -0.15) is 0 Å². The van der Waals surface area contributed by atoms with Crippen LogP contribution in [0.5, 0.6) is 0 Å². The van der Waals surface area contributed by atoms with Gasteiger partial charge in [-0.3, -0.25) is 0 Å². The molecule has 0 aliphatic carbocycles. The van der Waals surface area contributed by atoms with Gasteiger partial charge in [0.15, 0.2) is 0 Å². The zero-order chi connectivity index (χ0) is 3.58. The molecule has 0 atom stereocenters. The highest BCUT2D eigenvalue weighted by atomic mass is 127. The molecule has 0 aliphatic rings. The summed E-state index contributed by atoms with van der Waals surface area (Å²) in [6, 6.07) is 0. The smallest absolute Gasteiger partial charge is 0.125 e. The molecule has 0 aromatic rings. The van der Waals surface area contributed by atoms with E-state index in [2.05, 4.69) is 60.5 Å². The Morgan fingerprint density at radius 2 is 1.50 bits per heavy atom. The summed E-state index contributed by atoms with van der Waals surface area (Å²) < 4.78 is 0.586. The highest BCUT2D eigenvalue weighted by molar-refractivity contribution is 14.3. The molecule has 24 valence electrons. The van der Waals surface area contributed by atoms with Crippen LogP contribution in [0.2, 0.25) is 0 Å². The molecule has 0 amide bonds. The molecule has 0 bridgehead atoms. The number of hydrogen-bond donors (Lipinski definition) is 0. The van der Waals surface area contributed by atoms with Crippen LogP contribution in [-0.2, 0) is 0 Å². The molecule has 0 aliphatic heterocycles. The molecular formula is BBrI2. The summed E-state index contributed by atoms with van der Waals surface area (Å²) in [7, 11) is 0. The van der Waals surface area contributed by atoms with E-state index in [4.69, 9.17) is 0 Å². The van der Waals surface area contributed by atoms with Crippen LogP contribution in [0.3, 0.4) is 0 Å². The second-order valence-corrected chi connectivity index (χ2v) is 9.46. The molecule has 0 nitrogen and oxygen atoms in total. The Morgan fingerprint density at radius 1 is 1.50 bits per heavy atom. The van der Waals surface area contributed by atoms with Crippen LogP contribution in [-0.4, -0.2) is 1.25 Å². The topological polar surface area (TPSA) is 0 Å². The Bertz CT molecular complexity index is 10.8. The molecular weight excluding hydrogens is 345 g/mol. The summed E-state index contributed by atoms with van der Waals surface area (Å²) in [5.74, 6) is 0. The summed E-state index contributed by atoms with van der Waals surface area (Å²) in [6.45, 7) is 0. The lowest BCUT2D eigenvalue weighted by molar-refractivity contribution is 5.25. The van der Waals surface area contributed by atoms with Gasteiger partial charge in [0.1, 0.15) is 0 Å². The van der Waals surface area contributed by atoms with Crippen molar-refractivity contribution in [2.24, 2.45) is 0 Å². The van der Waals surface area contributed by atoms with Crippen molar-refractivity contribution in [2.75, 3.05) is 0 Å². The van der Waals surface area contributed by atoms with Crippen molar-refractivity contribution in [2.45, 2.75) is 0 Å². The molecule has 0 aromatic carbocycles. The van der Waals surface area contributed by atoms with Crippen molar-refractivity contribution in [3.05, 3.63) is 0 Å². The highest BCUT2D eigenvalue weighted by Gasteiger charge is 1.87. The lowest BCUT2D eigenvalue weighted by Gasteiger charge is -1.63. The predicted molar refractivity (Wildman–Crippen MR) is 42.7 cm³/mol. The van der Waals surface area contributed by atoms with Gasteiger partial charge in [0.2, 0.25) is 0 Å². The van der Waals surface area contributed by atoms with Crippen molar-refractivity contribution >= 4 is 61.8 Å². The summed E-state index contributed by atoms with van der Waals surface area (Å²) in [5, 5.41) is 0. The van der Waals surface area contributed by atoms with Gasteiger partial charge in [-0.05, 0) is 0 Å². The predicted octanol–water partition coefficient (Wildman–Crippen LogP) is 2.24. The average Bonchev–Trinajstić information content (AvgIpc) is 0.811. The SMILES string of the molecule is BrB(I)I. The van der Waals surface area contributed by atoms with Crippen LogP contribution in [0.15, 0.2) is 0 Å². The standard InChI is InChI=1S/BBrI2/c2-1(3)4. The van der Waals surface area contributed by atoms with Gasteiger partial charge in [0.05, 0.1) is 0 Å². The zero-order valence-electron chi connectivity index (χ0n) is 1.71. The molecule has 0 rings (SSSR count). The van der Waals surface area contributed by atoms with Gasteiger partial charge < -0.3 is 0 Å². The summed E-state index contributed by atoms with van der Waals surface area (Å²) in [6.07, 6.45) is 0. The molecule has 0 radical (unpaired) electrons. The molecule has 0 unspecified atom stereocenters. The monoisotopic (exact) mass is 344 g/mol. The number of hydrogen-bond acceptors (Lipinski definition) is 0. The number of halogens is 3. The molecule has 0 saturated carbocycles. The van der Waals surface area contributed by atoms with E-state index in [1.807, 2.05) is 0 Å². The van der Waals surface area contributed by atoms with Gasteiger partial charge in [0.25, 0.3) is 0 Å². The van der Waals surface area contributed by atoms with Crippen LogP contribution in [0, 0.1) is 0 Å². The maximum Gasteiger partial charge on any atom is 0.359 e. The molecule has 0 saturated heterocycles. The Balaban J connectivity index is 2.32. The lowest BCUT2D eigenvalue weighted by Crippen LogP contribution is -1.60. The molecule has 0 aromatic heterocycles. The van der Waals surface area contributed by atoms with E-state index in [0.29, 0.717) is 1.25 Å². The normalized spacial score (nSPS) is 6.75. The fraction of sp³-hybridized carbons (Fsp3) is 0. The minimum absolute atomic E-state index is 0.586. The van der Waals surface area contributed by atoms with E-state index >= 15 is 0 Å². The fourth-order valence-corrected chi connectivity index (χ4v) is 0. The minimum atomic E-state index is 0.586. The molecule has 0 spiro atoms. The summed E-state index contributed by atoms with van der Waals surface area (Å²) in [5.41, 5.74) is 0. The van der Waals surface area contributed by atoms with E-state index in [0.717, 1.165) is 0 Å². The largest absolute Gasteiger partial charge is 0.359 e. The Morgan fingerprint density at radius 3 is 1.50 bits per heavy atom. The minimum Gasteiger partial charge on any atom is -0.125 e. The van der Waals surface area contributed by atoms with Gasteiger partial charge in [-0.25, -0.2) is 0 Å². The van der Waals surface area contributed by atoms with Gasteiger partial charge in [-0.15, -0.1) is 60.5 Å². The third-order valence-corrected chi connectivity index (χ3v) is 0. The Labute approximate surface area is 60.9 Å². The third-order valence-electron chi connectivity index (χ3n) is 0. The van der Waals surface area contributed by atoms with Gasteiger partial charge >= 0.3 is 1.25 Å². The first-order valence-electron chi connectivity index (χ1n) is 0.655. The second-order valence-electron chi connectivity index (χ2n) is 0.247. The fourth-order valence-electron chi connectivity index (χ4n) is 0. The molecule has 0 heterocycles. The van der Waals surface area contributed by atoms with Gasteiger partial charge in [-0.1, -0.05) is 0 Å². The van der Waals surface area contributed by atoms with Crippen molar-refractivity contribution < 1.29 is 0 Å². The van der Waals surface area contributed by atoms with Crippen LogP contribution in [0.4, 0.5) is 0 Å². The third kappa shape index (κ3) is 9.00. The quantitative estimate of drug-likeness (QED) is 0.467. The molecule has 0 fully saturated rings. The first kappa shape index (κ1) is 6.00. The van der Waals surface area contributed by atoms with Crippen LogP contribution < -0.4 is 0 Å².